The van der Waals surface area contributed by atoms with E-state index < -0.39 is 71.5 Å². The van der Waals surface area contributed by atoms with E-state index in [0.29, 0.717) is 40.8 Å². The number of aromatic amines is 2. The molecule has 70 heavy (non-hydrogen) atoms. The fourth-order valence-electron chi connectivity index (χ4n) is 9.94. The Bertz CT molecular complexity index is 3160. The first kappa shape index (κ1) is 45.7. The molecule has 7 N–H and O–H groups in total. The van der Waals surface area contributed by atoms with Crippen molar-refractivity contribution in [1.82, 2.24) is 60.3 Å². The van der Waals surface area contributed by atoms with E-state index in [9.17, 15) is 39.0 Å². The number of H-pyrrole nitrogens is 2. The predicted octanol–water partition coefficient (Wildman–Crippen LogP) is 1.99. The van der Waals surface area contributed by atoms with Gasteiger partial charge in [0.05, 0.1) is 35.3 Å². The van der Waals surface area contributed by atoms with Crippen molar-refractivity contribution < 1.29 is 34.2 Å². The first-order valence-corrected chi connectivity index (χ1v) is 23.2. The van der Waals surface area contributed by atoms with Crippen molar-refractivity contribution in [2.24, 2.45) is 0 Å². The number of carbonyl (C=O) groups excluding carboxylic acids is 5. The molecule has 2 aliphatic heterocycles. The summed E-state index contributed by atoms with van der Waals surface area (Å²) in [6, 6.07) is 19.8. The third-order valence-electron chi connectivity index (χ3n) is 13.7. The Hall–Kier alpha value is -8.10. The van der Waals surface area contributed by atoms with Crippen LogP contribution in [0, 0.1) is 0 Å². The molecule has 1 unspecified atom stereocenters. The number of hydrogen-bond acceptors (Lipinski definition) is 12. The van der Waals surface area contributed by atoms with Crippen LogP contribution in [0.5, 0.6) is 0 Å². The van der Waals surface area contributed by atoms with Gasteiger partial charge in [-0.15, -0.1) is 0 Å². The van der Waals surface area contributed by atoms with Crippen LogP contribution >= 0.6 is 0 Å². The van der Waals surface area contributed by atoms with Gasteiger partial charge in [0.1, 0.15) is 24.2 Å². The number of carbonyl (C=O) groups is 5. The van der Waals surface area contributed by atoms with Crippen LogP contribution in [0.15, 0.2) is 115 Å². The zero-order valence-corrected chi connectivity index (χ0v) is 38.0. The summed E-state index contributed by atoms with van der Waals surface area (Å²) in [6.45, 7) is 1.14. The first-order chi connectivity index (χ1) is 33.9. The van der Waals surface area contributed by atoms with Crippen molar-refractivity contribution >= 4 is 46.1 Å². The third kappa shape index (κ3) is 8.77. The largest absolute Gasteiger partial charge is 0.391 e. The topological polar surface area (TPSA) is 273 Å². The lowest BCUT2D eigenvalue weighted by atomic mass is 9.71. The van der Waals surface area contributed by atoms with Gasteiger partial charge in [0.15, 0.2) is 5.65 Å². The molecule has 2 saturated heterocycles. The van der Waals surface area contributed by atoms with Crippen LogP contribution in [0.1, 0.15) is 60.6 Å². The highest BCUT2D eigenvalue weighted by Gasteiger charge is 2.47. The van der Waals surface area contributed by atoms with Crippen molar-refractivity contribution in [2.45, 2.75) is 87.4 Å². The number of aromatic nitrogens is 7. The molecule has 20 heteroatoms. The lowest BCUT2D eigenvalue weighted by Crippen LogP contribution is -2.60. The molecule has 1 aliphatic carbocycles. The van der Waals surface area contributed by atoms with Crippen molar-refractivity contribution in [1.29, 1.82) is 0 Å². The maximum atomic E-state index is 14.7. The van der Waals surface area contributed by atoms with E-state index in [4.69, 9.17) is 4.98 Å². The predicted molar refractivity (Wildman–Crippen MR) is 253 cm³/mol. The Morgan fingerprint density at radius 3 is 2.20 bits per heavy atom. The lowest BCUT2D eigenvalue weighted by Gasteiger charge is -2.44. The second-order valence-corrected chi connectivity index (χ2v) is 18.3. The molecule has 358 valence electrons. The van der Waals surface area contributed by atoms with Gasteiger partial charge >= 0.3 is 5.69 Å². The summed E-state index contributed by atoms with van der Waals surface area (Å²) >= 11 is 0. The molecule has 0 spiro atoms. The third-order valence-corrected chi connectivity index (χ3v) is 13.7. The molecular formula is C50H50N12O8. The van der Waals surface area contributed by atoms with E-state index in [0.717, 1.165) is 28.7 Å². The molecule has 10 rings (SSSR count). The first-order valence-electron chi connectivity index (χ1n) is 23.2. The number of aliphatic hydroxyl groups excluding tert-OH is 2. The SMILES string of the molecule is C[C@@H](NC(=O)c1ccncc1)C(=O)N1C[C@H](O)CC1C(=O)N[C@@H](Cc1cnc[nH]1)C(=O)N1C[C@H](O)C[C@H]1C(=O)NC1(c2ccc(-c3nc4ccn5c(=O)[nH]nc5c4cc3-c3ccccc3)cc2)CCC1. The van der Waals surface area contributed by atoms with Gasteiger partial charge in [-0.3, -0.25) is 29.0 Å². The van der Waals surface area contributed by atoms with E-state index in [-0.39, 0.29) is 43.6 Å². The van der Waals surface area contributed by atoms with Crippen LogP contribution < -0.4 is 21.6 Å². The Balaban J connectivity index is 0.870. The molecule has 0 bridgehead atoms. The molecule has 20 nitrogen and oxygen atoms in total. The number of likely N-dealkylation sites (tertiary alicyclic amines) is 2. The fraction of sp³-hybridized carbons (Fsp3) is 0.320. The van der Waals surface area contributed by atoms with Crippen LogP contribution in [0.3, 0.4) is 0 Å². The summed E-state index contributed by atoms with van der Waals surface area (Å²) in [6.07, 6.45) is 7.29. The minimum atomic E-state index is -1.27. The van der Waals surface area contributed by atoms with Gasteiger partial charge in [-0.05, 0) is 61.6 Å². The Morgan fingerprint density at radius 2 is 1.53 bits per heavy atom. The molecule has 3 fully saturated rings. The smallest absolute Gasteiger partial charge is 0.347 e. The van der Waals surface area contributed by atoms with Crippen LogP contribution in [-0.2, 0) is 31.1 Å². The van der Waals surface area contributed by atoms with E-state index in [2.05, 4.69) is 41.1 Å². The number of β-amino-alcohol motifs (C(OH)–C–C–N with tert-alkyl or cyclic N) is 2. The molecule has 7 heterocycles. The number of benzene rings is 2. The fourth-order valence-corrected chi connectivity index (χ4v) is 9.94. The molecule has 2 aromatic carbocycles. The second kappa shape index (κ2) is 18.8. The van der Waals surface area contributed by atoms with Gasteiger partial charge in [0, 0.05) is 84.9 Å². The number of fused-ring (bicyclic) bond motifs is 3. The summed E-state index contributed by atoms with van der Waals surface area (Å²) in [5.74, 6) is -2.92. The monoisotopic (exact) mass is 946 g/mol. The van der Waals surface area contributed by atoms with Crippen LogP contribution in [0.25, 0.3) is 38.9 Å². The van der Waals surface area contributed by atoms with Gasteiger partial charge in [0.25, 0.3) is 5.91 Å². The van der Waals surface area contributed by atoms with Crippen LogP contribution in [0.4, 0.5) is 0 Å². The maximum Gasteiger partial charge on any atom is 0.347 e. The van der Waals surface area contributed by atoms with Crippen molar-refractivity contribution in [3.05, 3.63) is 137 Å². The highest BCUT2D eigenvalue weighted by atomic mass is 16.3. The molecule has 1 saturated carbocycles. The number of imidazole rings is 1. The summed E-state index contributed by atoms with van der Waals surface area (Å²) in [5.41, 5.74) is 4.97. The molecule has 6 atom stereocenters. The lowest BCUT2D eigenvalue weighted by molar-refractivity contribution is -0.144. The highest BCUT2D eigenvalue weighted by molar-refractivity contribution is 6.00. The highest BCUT2D eigenvalue weighted by Crippen LogP contribution is 2.43. The van der Waals surface area contributed by atoms with E-state index >= 15 is 0 Å². The number of pyridine rings is 3. The Morgan fingerprint density at radius 1 is 0.829 bits per heavy atom. The maximum absolute atomic E-state index is 14.7. The van der Waals surface area contributed by atoms with Crippen LogP contribution in [0.2, 0.25) is 0 Å². The molecule has 5 aromatic heterocycles. The molecule has 3 aliphatic rings. The molecule has 7 aromatic rings. The van der Waals surface area contributed by atoms with Crippen LogP contribution in [-0.4, -0.2) is 134 Å². The summed E-state index contributed by atoms with van der Waals surface area (Å²) in [4.78, 5) is 101. The van der Waals surface area contributed by atoms with Gasteiger partial charge in [0.2, 0.25) is 23.6 Å². The van der Waals surface area contributed by atoms with Crippen molar-refractivity contribution in [3.63, 3.8) is 0 Å². The zero-order chi connectivity index (χ0) is 48.7. The van der Waals surface area contributed by atoms with Gasteiger partial charge < -0.3 is 40.9 Å². The van der Waals surface area contributed by atoms with Gasteiger partial charge in [-0.25, -0.2) is 24.3 Å². The average Bonchev–Trinajstić information content (AvgIpc) is 4.20. The molecular weight excluding hydrogens is 897 g/mol. The number of rotatable bonds is 13. The standard InChI is InChI=1S/C50H50N12O8/c1-28(54-44(65)31-12-17-51-18-13-31)47(68)61-25-34(63)21-40(61)45(66)56-39(20-33-24-52-27-53-33)48(69)62-26-35(64)22-41(62)46(67)57-50(15-5-16-50)32-10-8-30(9-11-32)42-36(29-6-3-2-4-7-29)23-37-38(55-42)14-19-60-43(37)58-59-49(60)70/h2-4,6-14,17-19,23-24,27-28,34-35,39-41,63-64H,5,15-16,20-22,25-26H2,1H3,(H,52,53)(H,54,65)(H,56,66)(H,57,67)(H,59,70)/t28-,34-,35-,39+,40?,41+/m1/s1. The summed E-state index contributed by atoms with van der Waals surface area (Å²) < 4.78 is 1.44. The van der Waals surface area contributed by atoms with E-state index in [1.165, 1.54) is 58.2 Å². The van der Waals surface area contributed by atoms with Gasteiger partial charge in [-0.1, -0.05) is 54.6 Å². The Kier molecular flexibility index (Phi) is 12.2. The Labute approximate surface area is 399 Å². The average molecular weight is 947 g/mol. The van der Waals surface area contributed by atoms with Gasteiger partial charge in [-0.2, -0.15) is 5.10 Å². The number of nitrogens with one attached hydrogen (secondary N) is 5. The van der Waals surface area contributed by atoms with Crippen molar-refractivity contribution in [3.8, 4) is 22.4 Å². The zero-order valence-electron chi connectivity index (χ0n) is 38.0. The van der Waals surface area contributed by atoms with E-state index in [1.807, 2.05) is 60.7 Å². The number of nitrogens with zero attached hydrogens (tertiary/aromatic N) is 7. The number of hydrogen-bond donors (Lipinski definition) is 7. The number of aliphatic hydroxyl groups is 2. The normalized spacial score (nSPS) is 20.4. The summed E-state index contributed by atoms with van der Waals surface area (Å²) in [7, 11) is 0. The second-order valence-electron chi connectivity index (χ2n) is 18.3. The number of amides is 5. The molecule has 5 amide bonds. The molecule has 0 radical (unpaired) electrons. The quantitative estimate of drug-likeness (QED) is 0.0875. The minimum Gasteiger partial charge on any atom is -0.391 e. The summed E-state index contributed by atoms with van der Waals surface area (Å²) in [5, 5.41) is 37.9. The minimum absolute atomic E-state index is 0.0351. The van der Waals surface area contributed by atoms with Crippen molar-refractivity contribution in [2.75, 3.05) is 13.1 Å². The van der Waals surface area contributed by atoms with E-state index in [1.54, 1.807) is 12.3 Å².